The van der Waals surface area contributed by atoms with Gasteiger partial charge in [0.15, 0.2) is 17.3 Å². The van der Waals surface area contributed by atoms with E-state index in [1.165, 1.54) is 0 Å². The molecule has 1 aromatic carbocycles. The highest BCUT2D eigenvalue weighted by molar-refractivity contribution is 6.21. The van der Waals surface area contributed by atoms with Gasteiger partial charge in [-0.2, -0.15) is 0 Å². The van der Waals surface area contributed by atoms with Crippen molar-refractivity contribution in [1.82, 2.24) is 5.32 Å². The first-order valence-corrected chi connectivity index (χ1v) is 7.92. The van der Waals surface area contributed by atoms with Crippen molar-refractivity contribution >= 4 is 23.3 Å². The lowest BCUT2D eigenvalue weighted by Crippen LogP contribution is -2.43. The summed E-state index contributed by atoms with van der Waals surface area (Å²) in [7, 11) is 0. The van der Waals surface area contributed by atoms with E-state index in [0.29, 0.717) is 13.0 Å². The van der Waals surface area contributed by atoms with Gasteiger partial charge in [0.05, 0.1) is 5.92 Å². The molecule has 0 saturated heterocycles. The number of hydrogen-bond donors (Lipinski definition) is 1. The first-order valence-electron chi connectivity index (χ1n) is 7.92. The van der Waals surface area contributed by atoms with Gasteiger partial charge in [-0.05, 0) is 12.0 Å². The number of Topliss-reactive ketones (excluding diaryl/α,β-unsaturated/α-hetero) is 3. The predicted molar refractivity (Wildman–Crippen MR) is 84.4 cm³/mol. The van der Waals surface area contributed by atoms with E-state index in [4.69, 9.17) is 0 Å². The van der Waals surface area contributed by atoms with Crippen LogP contribution in [-0.4, -0.2) is 23.3 Å². The van der Waals surface area contributed by atoms with Crippen LogP contribution in [0.15, 0.2) is 30.3 Å². The van der Waals surface area contributed by atoms with E-state index in [-0.39, 0.29) is 31.0 Å². The average Bonchev–Trinajstić information content (AvgIpc) is 2.53. The molecule has 0 atom stereocenters. The highest BCUT2D eigenvalue weighted by atomic mass is 16.2. The Labute approximate surface area is 135 Å². The van der Waals surface area contributed by atoms with Crippen molar-refractivity contribution in [3.63, 3.8) is 0 Å². The lowest BCUT2D eigenvalue weighted by Gasteiger charge is -2.24. The lowest BCUT2D eigenvalue weighted by molar-refractivity contribution is -0.146. The van der Waals surface area contributed by atoms with Crippen LogP contribution in [0, 0.1) is 11.8 Å². The molecule has 1 aliphatic rings. The standard InChI is InChI=1S/C18H21NO4/c1-2-6-14(20)17-15(21)9-13(10-16(17)22)18(23)19-11-12-7-4-3-5-8-12/h3-5,7-8,13,17H,2,6,9-11H2,1H3,(H,19,23). The monoisotopic (exact) mass is 315 g/mol. The number of carbonyl (C=O) groups excluding carboxylic acids is 4. The Balaban J connectivity index is 1.93. The molecule has 2 rings (SSSR count). The maximum absolute atomic E-state index is 12.2. The van der Waals surface area contributed by atoms with Crippen molar-refractivity contribution in [2.24, 2.45) is 11.8 Å². The van der Waals surface area contributed by atoms with Crippen LogP contribution < -0.4 is 5.32 Å². The molecule has 0 radical (unpaired) electrons. The van der Waals surface area contributed by atoms with Gasteiger partial charge in [0.2, 0.25) is 5.91 Å². The van der Waals surface area contributed by atoms with Crippen LogP contribution in [0.1, 0.15) is 38.2 Å². The number of carbonyl (C=O) groups is 4. The average molecular weight is 315 g/mol. The Hall–Kier alpha value is -2.30. The van der Waals surface area contributed by atoms with Crippen molar-refractivity contribution < 1.29 is 19.2 Å². The van der Waals surface area contributed by atoms with E-state index >= 15 is 0 Å². The van der Waals surface area contributed by atoms with E-state index in [9.17, 15) is 19.2 Å². The smallest absolute Gasteiger partial charge is 0.224 e. The van der Waals surface area contributed by atoms with Gasteiger partial charge in [-0.3, -0.25) is 19.2 Å². The highest BCUT2D eigenvalue weighted by Gasteiger charge is 2.41. The van der Waals surface area contributed by atoms with Crippen LogP contribution in [0.4, 0.5) is 0 Å². The second-order valence-electron chi connectivity index (χ2n) is 5.89. The SMILES string of the molecule is CCCC(=O)C1C(=O)CC(C(=O)NCc2ccccc2)CC1=O. The fraction of sp³-hybridized carbons (Fsp3) is 0.444. The second kappa shape index (κ2) is 7.81. The third-order valence-electron chi connectivity index (χ3n) is 4.04. The number of ketones is 3. The van der Waals surface area contributed by atoms with Crippen molar-refractivity contribution in [3.8, 4) is 0 Å². The molecule has 5 heteroatoms. The van der Waals surface area contributed by atoms with Gasteiger partial charge in [0.1, 0.15) is 5.92 Å². The molecule has 1 amide bonds. The third kappa shape index (κ3) is 4.34. The summed E-state index contributed by atoms with van der Waals surface area (Å²) in [5.74, 6) is -3.26. The van der Waals surface area contributed by atoms with Crippen molar-refractivity contribution in [3.05, 3.63) is 35.9 Å². The summed E-state index contributed by atoms with van der Waals surface area (Å²) in [6.07, 6.45) is 0.767. The normalized spacial score (nSPS) is 21.1. The van der Waals surface area contributed by atoms with Crippen LogP contribution in [0.5, 0.6) is 0 Å². The van der Waals surface area contributed by atoms with Crippen LogP contribution in [0.25, 0.3) is 0 Å². The van der Waals surface area contributed by atoms with Gasteiger partial charge >= 0.3 is 0 Å². The van der Waals surface area contributed by atoms with E-state index in [1.807, 2.05) is 37.3 Å². The summed E-state index contributed by atoms with van der Waals surface area (Å²) < 4.78 is 0. The van der Waals surface area contributed by atoms with Gasteiger partial charge in [-0.15, -0.1) is 0 Å². The van der Waals surface area contributed by atoms with Crippen molar-refractivity contribution in [2.75, 3.05) is 0 Å². The lowest BCUT2D eigenvalue weighted by atomic mass is 9.77. The molecule has 0 unspecified atom stereocenters. The molecule has 1 aliphatic carbocycles. The maximum Gasteiger partial charge on any atom is 0.224 e. The Kier molecular flexibility index (Phi) is 5.79. The summed E-state index contributed by atoms with van der Waals surface area (Å²) >= 11 is 0. The van der Waals surface area contributed by atoms with Crippen LogP contribution in [-0.2, 0) is 25.7 Å². The van der Waals surface area contributed by atoms with Gasteiger partial charge in [0, 0.05) is 25.8 Å². The zero-order chi connectivity index (χ0) is 16.8. The van der Waals surface area contributed by atoms with Gasteiger partial charge < -0.3 is 5.32 Å². The molecule has 122 valence electrons. The van der Waals surface area contributed by atoms with Crippen molar-refractivity contribution in [1.29, 1.82) is 0 Å². The Morgan fingerprint density at radius 3 is 2.26 bits per heavy atom. The first-order chi connectivity index (χ1) is 11.0. The molecule has 1 aromatic rings. The van der Waals surface area contributed by atoms with Gasteiger partial charge in [-0.25, -0.2) is 0 Å². The molecular weight excluding hydrogens is 294 g/mol. The van der Waals surface area contributed by atoms with E-state index in [2.05, 4.69) is 5.32 Å². The van der Waals surface area contributed by atoms with Gasteiger partial charge in [-0.1, -0.05) is 37.3 Å². The van der Waals surface area contributed by atoms with E-state index in [1.54, 1.807) is 0 Å². The van der Waals surface area contributed by atoms with Crippen LogP contribution in [0.3, 0.4) is 0 Å². The fourth-order valence-electron chi connectivity index (χ4n) is 2.84. The minimum Gasteiger partial charge on any atom is -0.352 e. The number of nitrogens with one attached hydrogen (secondary N) is 1. The molecule has 0 bridgehead atoms. The van der Waals surface area contributed by atoms with Crippen molar-refractivity contribution in [2.45, 2.75) is 39.2 Å². The number of amides is 1. The second-order valence-corrected chi connectivity index (χ2v) is 5.89. The Bertz CT molecular complexity index is 591. The summed E-state index contributed by atoms with van der Waals surface area (Å²) in [5.41, 5.74) is 0.949. The minimum atomic E-state index is -1.15. The molecule has 0 heterocycles. The topological polar surface area (TPSA) is 80.3 Å². The molecule has 5 nitrogen and oxygen atoms in total. The molecule has 0 spiro atoms. The zero-order valence-corrected chi connectivity index (χ0v) is 13.2. The predicted octanol–water partition coefficient (Wildman–Crippen LogP) is 1.84. The maximum atomic E-state index is 12.2. The van der Waals surface area contributed by atoms with E-state index < -0.39 is 23.4 Å². The fourth-order valence-corrected chi connectivity index (χ4v) is 2.84. The molecule has 23 heavy (non-hydrogen) atoms. The summed E-state index contributed by atoms with van der Waals surface area (Å²) in [6, 6.07) is 9.41. The molecule has 0 aromatic heterocycles. The molecule has 1 fully saturated rings. The molecule has 1 saturated carbocycles. The molecular formula is C18H21NO4. The largest absolute Gasteiger partial charge is 0.352 e. The quantitative estimate of drug-likeness (QED) is 0.812. The summed E-state index contributed by atoms with van der Waals surface area (Å²) in [6.45, 7) is 2.19. The Morgan fingerprint density at radius 1 is 1.09 bits per heavy atom. The molecule has 1 N–H and O–H groups in total. The molecule has 0 aliphatic heterocycles. The zero-order valence-electron chi connectivity index (χ0n) is 13.2. The summed E-state index contributed by atoms with van der Waals surface area (Å²) in [4.78, 5) is 48.2. The first kappa shape index (κ1) is 17.1. The minimum absolute atomic E-state index is 0.0352. The third-order valence-corrected chi connectivity index (χ3v) is 4.04. The highest BCUT2D eigenvalue weighted by Crippen LogP contribution is 2.25. The van der Waals surface area contributed by atoms with Gasteiger partial charge in [0.25, 0.3) is 0 Å². The number of rotatable bonds is 6. The number of benzene rings is 1. The Morgan fingerprint density at radius 2 is 1.70 bits per heavy atom. The van der Waals surface area contributed by atoms with E-state index in [0.717, 1.165) is 5.56 Å². The summed E-state index contributed by atoms with van der Waals surface area (Å²) in [5, 5.41) is 2.75. The number of hydrogen-bond acceptors (Lipinski definition) is 4. The van der Waals surface area contributed by atoms with Crippen LogP contribution >= 0.6 is 0 Å². The van der Waals surface area contributed by atoms with Crippen LogP contribution in [0.2, 0.25) is 0 Å².